The number of benzene rings is 1. The van der Waals surface area contributed by atoms with Gasteiger partial charge in [0.15, 0.2) is 0 Å². The smallest absolute Gasteiger partial charge is 0.246 e. The molecule has 0 saturated carbocycles. The molecule has 0 unspecified atom stereocenters. The zero-order valence-electron chi connectivity index (χ0n) is 12.6. The standard InChI is InChI=1S/C13H22N2O3S.ClH/c1-10-8-11(2)13(18-5)12(9-10)19(16,17)15(4)7-6-14-3;/h8-9,14H,6-7H2,1-5H3;1H. The molecule has 0 aliphatic carbocycles. The number of rotatable bonds is 6. The molecule has 0 aliphatic heterocycles. The number of sulfonamides is 1. The van der Waals surface area contributed by atoms with Gasteiger partial charge in [0.05, 0.1) is 7.11 Å². The molecule has 0 saturated heterocycles. The predicted octanol–water partition coefficient (Wildman–Crippen LogP) is 1.57. The van der Waals surface area contributed by atoms with Crippen molar-refractivity contribution in [2.24, 2.45) is 0 Å². The first kappa shape index (κ1) is 19.2. The SMILES string of the molecule is CNCCN(C)S(=O)(=O)c1cc(C)cc(C)c1OC.Cl. The molecule has 5 nitrogen and oxygen atoms in total. The molecule has 0 amide bonds. The van der Waals surface area contributed by atoms with E-state index in [1.165, 1.54) is 11.4 Å². The van der Waals surface area contributed by atoms with Crippen LogP contribution in [0.15, 0.2) is 17.0 Å². The highest BCUT2D eigenvalue weighted by molar-refractivity contribution is 7.89. The van der Waals surface area contributed by atoms with E-state index in [1.807, 2.05) is 19.9 Å². The predicted molar refractivity (Wildman–Crippen MR) is 83.5 cm³/mol. The first-order valence-electron chi connectivity index (χ1n) is 6.10. The Balaban J connectivity index is 0.00000361. The Morgan fingerprint density at radius 2 is 1.90 bits per heavy atom. The molecule has 7 heteroatoms. The fraction of sp³-hybridized carbons (Fsp3) is 0.538. The van der Waals surface area contributed by atoms with Crippen molar-refractivity contribution in [3.63, 3.8) is 0 Å². The Morgan fingerprint density at radius 3 is 2.40 bits per heavy atom. The van der Waals surface area contributed by atoms with Gasteiger partial charge in [0, 0.05) is 20.1 Å². The number of ether oxygens (including phenoxy) is 1. The Hall–Kier alpha value is -0.820. The second kappa shape index (κ2) is 7.83. The van der Waals surface area contributed by atoms with Crippen molar-refractivity contribution in [1.82, 2.24) is 9.62 Å². The second-order valence-corrected chi connectivity index (χ2v) is 6.56. The molecular weight excluding hydrogens is 300 g/mol. The number of nitrogens with one attached hydrogen (secondary N) is 1. The maximum absolute atomic E-state index is 12.5. The molecule has 0 heterocycles. The van der Waals surface area contributed by atoms with Crippen LogP contribution in [0.2, 0.25) is 0 Å². The lowest BCUT2D eigenvalue weighted by Gasteiger charge is -2.20. The summed E-state index contributed by atoms with van der Waals surface area (Å²) in [7, 11) is 1.32. The van der Waals surface area contributed by atoms with E-state index in [0.29, 0.717) is 18.8 Å². The van der Waals surface area contributed by atoms with Gasteiger partial charge in [0.2, 0.25) is 10.0 Å². The summed E-state index contributed by atoms with van der Waals surface area (Å²) in [5, 5.41) is 2.94. The highest BCUT2D eigenvalue weighted by Crippen LogP contribution is 2.30. The zero-order valence-corrected chi connectivity index (χ0v) is 14.2. The van der Waals surface area contributed by atoms with Crippen LogP contribution in [0.1, 0.15) is 11.1 Å². The summed E-state index contributed by atoms with van der Waals surface area (Å²) in [5.41, 5.74) is 1.72. The number of aryl methyl sites for hydroxylation is 2. The van der Waals surface area contributed by atoms with Crippen molar-refractivity contribution >= 4 is 22.4 Å². The molecule has 0 bridgehead atoms. The fourth-order valence-corrected chi connectivity index (χ4v) is 3.41. The lowest BCUT2D eigenvalue weighted by atomic mass is 10.1. The Labute approximate surface area is 127 Å². The first-order chi connectivity index (χ1) is 8.84. The van der Waals surface area contributed by atoms with Gasteiger partial charge in [-0.15, -0.1) is 12.4 Å². The third-order valence-corrected chi connectivity index (χ3v) is 4.82. The zero-order chi connectivity index (χ0) is 14.6. The number of likely N-dealkylation sites (N-methyl/N-ethyl adjacent to an activating group) is 2. The van der Waals surface area contributed by atoms with Crippen LogP contribution in [0.3, 0.4) is 0 Å². The quantitative estimate of drug-likeness (QED) is 0.864. The Morgan fingerprint density at radius 1 is 1.30 bits per heavy atom. The van der Waals surface area contributed by atoms with Crippen LogP contribution in [0.5, 0.6) is 5.75 Å². The van der Waals surface area contributed by atoms with Crippen LogP contribution in [-0.2, 0) is 10.0 Å². The van der Waals surface area contributed by atoms with E-state index in [4.69, 9.17) is 4.74 Å². The number of methoxy groups -OCH3 is 1. The monoisotopic (exact) mass is 322 g/mol. The van der Waals surface area contributed by atoms with Crippen LogP contribution in [0, 0.1) is 13.8 Å². The van der Waals surface area contributed by atoms with Crippen LogP contribution >= 0.6 is 12.4 Å². The van der Waals surface area contributed by atoms with Gasteiger partial charge in [-0.05, 0) is 38.1 Å². The van der Waals surface area contributed by atoms with Crippen LogP contribution in [-0.4, -0.2) is 47.0 Å². The number of hydrogen-bond acceptors (Lipinski definition) is 4. The average Bonchev–Trinajstić information content (AvgIpc) is 2.34. The highest BCUT2D eigenvalue weighted by Gasteiger charge is 2.25. The molecule has 0 aliphatic rings. The van der Waals surface area contributed by atoms with E-state index in [1.54, 1.807) is 20.2 Å². The normalized spacial score (nSPS) is 11.3. The van der Waals surface area contributed by atoms with Gasteiger partial charge in [0.1, 0.15) is 10.6 Å². The summed E-state index contributed by atoms with van der Waals surface area (Å²) in [4.78, 5) is 0.228. The molecule has 0 aromatic heterocycles. The number of hydrogen-bond donors (Lipinski definition) is 1. The van der Waals surface area contributed by atoms with E-state index < -0.39 is 10.0 Å². The van der Waals surface area contributed by atoms with Crippen molar-refractivity contribution in [2.75, 3.05) is 34.3 Å². The third-order valence-electron chi connectivity index (χ3n) is 2.95. The van der Waals surface area contributed by atoms with Gasteiger partial charge in [-0.3, -0.25) is 0 Å². The maximum atomic E-state index is 12.5. The molecular formula is C13H23ClN2O3S. The lowest BCUT2D eigenvalue weighted by Crippen LogP contribution is -2.33. The second-order valence-electron chi connectivity index (χ2n) is 4.54. The van der Waals surface area contributed by atoms with Crippen molar-refractivity contribution < 1.29 is 13.2 Å². The molecule has 1 aromatic carbocycles. The van der Waals surface area contributed by atoms with Gasteiger partial charge in [-0.2, -0.15) is 4.31 Å². The molecule has 1 N–H and O–H groups in total. The summed E-state index contributed by atoms with van der Waals surface area (Å²) in [6.07, 6.45) is 0. The van der Waals surface area contributed by atoms with Gasteiger partial charge >= 0.3 is 0 Å². The van der Waals surface area contributed by atoms with E-state index in [2.05, 4.69) is 5.32 Å². The van der Waals surface area contributed by atoms with Crippen molar-refractivity contribution in [2.45, 2.75) is 18.7 Å². The molecule has 0 spiro atoms. The summed E-state index contributed by atoms with van der Waals surface area (Å²) >= 11 is 0. The van der Waals surface area contributed by atoms with E-state index in [-0.39, 0.29) is 17.3 Å². The molecule has 116 valence electrons. The molecule has 20 heavy (non-hydrogen) atoms. The summed E-state index contributed by atoms with van der Waals surface area (Å²) in [6, 6.07) is 3.56. The number of halogens is 1. The summed E-state index contributed by atoms with van der Waals surface area (Å²) in [6.45, 7) is 4.73. The summed E-state index contributed by atoms with van der Waals surface area (Å²) in [5.74, 6) is 0.418. The molecule has 0 atom stereocenters. The number of nitrogens with zero attached hydrogens (tertiary/aromatic N) is 1. The lowest BCUT2D eigenvalue weighted by molar-refractivity contribution is 0.394. The van der Waals surface area contributed by atoms with Crippen LogP contribution < -0.4 is 10.1 Å². The maximum Gasteiger partial charge on any atom is 0.246 e. The molecule has 0 fully saturated rings. The minimum atomic E-state index is -3.53. The van der Waals surface area contributed by atoms with Crippen molar-refractivity contribution in [3.8, 4) is 5.75 Å². The first-order valence-corrected chi connectivity index (χ1v) is 7.54. The van der Waals surface area contributed by atoms with Crippen molar-refractivity contribution in [1.29, 1.82) is 0 Å². The Bertz CT molecular complexity index is 547. The van der Waals surface area contributed by atoms with Gasteiger partial charge in [0.25, 0.3) is 0 Å². The largest absolute Gasteiger partial charge is 0.495 e. The van der Waals surface area contributed by atoms with Gasteiger partial charge < -0.3 is 10.1 Å². The topological polar surface area (TPSA) is 58.6 Å². The van der Waals surface area contributed by atoms with Crippen LogP contribution in [0.25, 0.3) is 0 Å². The third kappa shape index (κ3) is 4.09. The van der Waals surface area contributed by atoms with E-state index in [0.717, 1.165) is 11.1 Å². The van der Waals surface area contributed by atoms with Gasteiger partial charge in [-0.25, -0.2) is 8.42 Å². The summed E-state index contributed by atoms with van der Waals surface area (Å²) < 4.78 is 31.7. The van der Waals surface area contributed by atoms with Gasteiger partial charge in [-0.1, -0.05) is 6.07 Å². The minimum absolute atomic E-state index is 0. The van der Waals surface area contributed by atoms with Crippen molar-refractivity contribution in [3.05, 3.63) is 23.3 Å². The minimum Gasteiger partial charge on any atom is -0.495 e. The molecule has 1 aromatic rings. The fourth-order valence-electron chi connectivity index (χ4n) is 1.93. The average molecular weight is 323 g/mol. The Kier molecular flexibility index (Phi) is 7.51. The van der Waals surface area contributed by atoms with E-state index >= 15 is 0 Å². The molecule has 1 rings (SSSR count). The van der Waals surface area contributed by atoms with Crippen LogP contribution in [0.4, 0.5) is 0 Å². The molecule has 0 radical (unpaired) electrons. The highest BCUT2D eigenvalue weighted by atomic mass is 35.5. The van der Waals surface area contributed by atoms with E-state index in [9.17, 15) is 8.42 Å².